The van der Waals surface area contributed by atoms with Crippen LogP contribution < -0.4 is 0 Å². The molecule has 0 amide bonds. The molecule has 0 spiro atoms. The zero-order valence-corrected chi connectivity index (χ0v) is 43.2. The van der Waals surface area contributed by atoms with Crippen molar-refractivity contribution in [3.8, 4) is 0 Å². The summed E-state index contributed by atoms with van der Waals surface area (Å²) in [5.74, 6) is -2.00. The molecule has 9 nitrogen and oxygen atoms in total. The molecular weight excluding hydrogens is 803 g/mol. The van der Waals surface area contributed by atoms with Crippen molar-refractivity contribution >= 4 is 17.9 Å². The van der Waals surface area contributed by atoms with Gasteiger partial charge >= 0.3 is 17.9 Å². The van der Waals surface area contributed by atoms with Crippen molar-refractivity contribution in [1.82, 2.24) is 0 Å². The van der Waals surface area contributed by atoms with E-state index in [1.165, 1.54) is 212 Å². The summed E-state index contributed by atoms with van der Waals surface area (Å²) in [5, 5.41) is 9.62. The van der Waals surface area contributed by atoms with Crippen LogP contribution in [0.3, 0.4) is 0 Å². The minimum Gasteiger partial charge on any atom is -0.477 e. The normalized spacial score (nSPS) is 12.7. The molecule has 0 aromatic rings. The van der Waals surface area contributed by atoms with Crippen LogP contribution in [-0.2, 0) is 33.3 Å². The Bertz CT molecular complexity index is 1020. The third-order valence-electron chi connectivity index (χ3n) is 12.6. The van der Waals surface area contributed by atoms with Crippen LogP contribution in [0.5, 0.6) is 0 Å². The van der Waals surface area contributed by atoms with E-state index >= 15 is 0 Å². The second kappa shape index (κ2) is 47.8. The number of hydrogen-bond donors (Lipinski definition) is 1. The molecule has 0 aliphatic heterocycles. The molecule has 0 bridgehead atoms. The van der Waals surface area contributed by atoms with Crippen molar-refractivity contribution < 1.29 is 42.9 Å². The molecule has 0 aromatic carbocycles. The Kier molecular flexibility index (Phi) is 46.5. The number of ether oxygens (including phenoxy) is 4. The van der Waals surface area contributed by atoms with Crippen molar-refractivity contribution in [2.24, 2.45) is 0 Å². The maximum Gasteiger partial charge on any atom is 0.361 e. The van der Waals surface area contributed by atoms with Gasteiger partial charge in [-0.2, -0.15) is 0 Å². The van der Waals surface area contributed by atoms with Crippen LogP contribution in [0, 0.1) is 0 Å². The Morgan fingerprint density at radius 3 is 1.00 bits per heavy atom. The molecule has 0 saturated heterocycles. The van der Waals surface area contributed by atoms with Gasteiger partial charge in [0, 0.05) is 12.8 Å². The summed E-state index contributed by atoms with van der Waals surface area (Å²) in [7, 11) is 5.96. The number of likely N-dealkylation sites (N-methyl/N-ethyl adjacent to an activating group) is 1. The molecule has 0 aliphatic carbocycles. The van der Waals surface area contributed by atoms with Crippen LogP contribution in [-0.4, -0.2) is 87.4 Å². The molecule has 9 heteroatoms. The molecule has 0 heterocycles. The summed E-state index contributed by atoms with van der Waals surface area (Å²) in [6, 6.07) is 0. The van der Waals surface area contributed by atoms with Crippen LogP contribution in [0.1, 0.15) is 277 Å². The van der Waals surface area contributed by atoms with Gasteiger partial charge in [0.05, 0.1) is 34.4 Å². The average Bonchev–Trinajstić information content (AvgIpc) is 3.26. The van der Waals surface area contributed by atoms with Crippen molar-refractivity contribution in [2.45, 2.75) is 289 Å². The molecule has 380 valence electrons. The highest BCUT2D eigenvalue weighted by Crippen LogP contribution is 2.18. The summed E-state index contributed by atoms with van der Waals surface area (Å²) in [4.78, 5) is 36.9. The van der Waals surface area contributed by atoms with Crippen LogP contribution in [0.2, 0.25) is 0 Å². The molecular formula is C55H108NO8+. The number of carbonyl (C=O) groups is 3. The minimum absolute atomic E-state index is 0.175. The van der Waals surface area contributed by atoms with Crippen LogP contribution >= 0.6 is 0 Å². The van der Waals surface area contributed by atoms with E-state index in [4.69, 9.17) is 18.9 Å². The predicted octanol–water partition coefficient (Wildman–Crippen LogP) is 15.6. The van der Waals surface area contributed by atoms with Gasteiger partial charge in [0.25, 0.3) is 6.29 Å². The second-order valence-corrected chi connectivity index (χ2v) is 20.3. The molecule has 0 aromatic heterocycles. The van der Waals surface area contributed by atoms with E-state index < -0.39 is 18.4 Å². The van der Waals surface area contributed by atoms with Crippen LogP contribution in [0.15, 0.2) is 0 Å². The number of unbranched alkanes of at least 4 members (excludes halogenated alkanes) is 37. The highest BCUT2D eigenvalue weighted by molar-refractivity contribution is 5.71. The topological polar surface area (TPSA) is 108 Å². The molecule has 0 aliphatic rings. The van der Waals surface area contributed by atoms with E-state index in [0.717, 1.165) is 38.5 Å². The van der Waals surface area contributed by atoms with Crippen molar-refractivity contribution in [3.63, 3.8) is 0 Å². The van der Waals surface area contributed by atoms with Crippen molar-refractivity contribution in [2.75, 3.05) is 47.5 Å². The first-order valence-electron chi connectivity index (χ1n) is 27.7. The fourth-order valence-corrected chi connectivity index (χ4v) is 8.31. The number of aliphatic carboxylic acids is 1. The molecule has 64 heavy (non-hydrogen) atoms. The Morgan fingerprint density at radius 1 is 0.406 bits per heavy atom. The number of esters is 2. The largest absolute Gasteiger partial charge is 0.477 e. The number of nitrogens with zero attached hydrogens (tertiary/aromatic N) is 1. The van der Waals surface area contributed by atoms with Gasteiger partial charge in [-0.15, -0.1) is 0 Å². The molecule has 1 N–H and O–H groups in total. The smallest absolute Gasteiger partial charge is 0.361 e. The SMILES string of the molecule is CCCCCCCCCCCCCCCCCCCCCCCCCCCCCCCCCCCC(=O)OC(COC(=O)CCCCCCCC)COC(OCC[N+](C)(C)C)C(=O)O. The second-order valence-electron chi connectivity index (χ2n) is 20.3. The molecule has 0 rings (SSSR count). The van der Waals surface area contributed by atoms with Gasteiger partial charge in [-0.3, -0.25) is 9.59 Å². The fourth-order valence-electron chi connectivity index (χ4n) is 8.31. The molecule has 0 saturated carbocycles. The lowest BCUT2D eigenvalue weighted by Crippen LogP contribution is -2.40. The Morgan fingerprint density at radius 2 is 0.703 bits per heavy atom. The number of quaternary nitrogens is 1. The lowest BCUT2D eigenvalue weighted by Gasteiger charge is -2.25. The van der Waals surface area contributed by atoms with Gasteiger partial charge in [0.1, 0.15) is 13.2 Å². The maximum absolute atomic E-state index is 12.8. The van der Waals surface area contributed by atoms with E-state index in [1.807, 2.05) is 21.1 Å². The average molecular weight is 911 g/mol. The lowest BCUT2D eigenvalue weighted by atomic mass is 10.0. The van der Waals surface area contributed by atoms with Gasteiger partial charge < -0.3 is 28.5 Å². The number of hydrogen-bond acceptors (Lipinski definition) is 7. The van der Waals surface area contributed by atoms with E-state index in [0.29, 0.717) is 17.4 Å². The van der Waals surface area contributed by atoms with E-state index in [-0.39, 0.29) is 38.2 Å². The predicted molar refractivity (Wildman–Crippen MR) is 268 cm³/mol. The van der Waals surface area contributed by atoms with Crippen molar-refractivity contribution in [3.05, 3.63) is 0 Å². The molecule has 2 unspecified atom stereocenters. The van der Waals surface area contributed by atoms with Crippen LogP contribution in [0.4, 0.5) is 0 Å². The number of carboxylic acid groups (broad SMARTS) is 1. The molecule has 0 radical (unpaired) electrons. The zero-order valence-electron chi connectivity index (χ0n) is 43.2. The molecule has 0 fully saturated rings. The summed E-state index contributed by atoms with van der Waals surface area (Å²) >= 11 is 0. The summed E-state index contributed by atoms with van der Waals surface area (Å²) in [6.45, 7) is 4.85. The van der Waals surface area contributed by atoms with E-state index in [1.54, 1.807) is 0 Å². The van der Waals surface area contributed by atoms with Crippen molar-refractivity contribution in [1.29, 1.82) is 0 Å². The van der Waals surface area contributed by atoms with Gasteiger partial charge in [0.15, 0.2) is 6.10 Å². The Balaban J connectivity index is 3.85. The van der Waals surface area contributed by atoms with Gasteiger partial charge in [0.2, 0.25) is 0 Å². The Labute approximate surface area is 396 Å². The highest BCUT2D eigenvalue weighted by atomic mass is 16.7. The maximum atomic E-state index is 12.8. The quantitative estimate of drug-likeness (QED) is 0.0278. The van der Waals surface area contributed by atoms with E-state index in [9.17, 15) is 19.5 Å². The summed E-state index contributed by atoms with van der Waals surface area (Å²) < 4.78 is 22.7. The monoisotopic (exact) mass is 911 g/mol. The Hall–Kier alpha value is -1.71. The standard InChI is InChI=1S/C55H107NO8/c1-6-8-10-12-14-15-16-17-18-19-20-21-22-23-24-25-26-27-28-29-30-31-32-33-34-35-36-37-38-39-40-42-44-46-53(58)64-51(49-62-52(57)45-43-41-13-11-9-7-2)50-63-55(54(59)60)61-48-47-56(3,4)5/h51,55H,6-50H2,1-5H3/p+1. The molecule has 2 atom stereocenters. The van der Waals surface area contributed by atoms with Gasteiger partial charge in [-0.05, 0) is 12.8 Å². The zero-order chi connectivity index (χ0) is 47.0. The highest BCUT2D eigenvalue weighted by Gasteiger charge is 2.25. The van der Waals surface area contributed by atoms with Gasteiger partial charge in [-0.1, -0.05) is 251 Å². The summed E-state index contributed by atoms with van der Waals surface area (Å²) in [5.41, 5.74) is 0. The first kappa shape index (κ1) is 62.3. The lowest BCUT2D eigenvalue weighted by molar-refractivity contribution is -0.870. The van der Waals surface area contributed by atoms with Gasteiger partial charge in [-0.25, -0.2) is 4.79 Å². The van der Waals surface area contributed by atoms with E-state index in [2.05, 4.69) is 13.8 Å². The summed E-state index contributed by atoms with van der Waals surface area (Å²) in [6.07, 6.45) is 49.6. The number of rotatable bonds is 52. The first-order valence-corrected chi connectivity index (χ1v) is 27.7. The number of carbonyl (C=O) groups excluding carboxylic acids is 2. The third kappa shape index (κ3) is 48.2. The minimum atomic E-state index is -1.50. The van der Waals surface area contributed by atoms with Crippen LogP contribution in [0.25, 0.3) is 0 Å². The first-order chi connectivity index (χ1) is 31.1. The third-order valence-corrected chi connectivity index (χ3v) is 12.6. The number of carboxylic acids is 1. The fraction of sp³-hybridized carbons (Fsp3) is 0.945.